The normalized spacial score (nSPS) is 17.5. The highest BCUT2D eigenvalue weighted by molar-refractivity contribution is 7.98. The summed E-state index contributed by atoms with van der Waals surface area (Å²) in [5.41, 5.74) is 1.56. The SMILES string of the molecule is CC(C)(C)OC(=O)N1CCC(NC(=O)c2c(-n3cccc3)sc3c2CCSC3)CC1. The number of rotatable bonds is 3. The van der Waals surface area contributed by atoms with Gasteiger partial charge in [0.15, 0.2) is 0 Å². The summed E-state index contributed by atoms with van der Waals surface area (Å²) < 4.78 is 7.52. The molecule has 2 aromatic rings. The van der Waals surface area contributed by atoms with E-state index in [1.54, 1.807) is 16.2 Å². The van der Waals surface area contributed by atoms with Gasteiger partial charge in [-0.2, -0.15) is 11.8 Å². The van der Waals surface area contributed by atoms with Crippen molar-refractivity contribution in [1.82, 2.24) is 14.8 Å². The van der Waals surface area contributed by atoms with E-state index in [4.69, 9.17) is 4.74 Å². The number of likely N-dealkylation sites (tertiary alicyclic amines) is 1. The molecule has 2 aliphatic rings. The van der Waals surface area contributed by atoms with Gasteiger partial charge in [0.2, 0.25) is 0 Å². The van der Waals surface area contributed by atoms with Gasteiger partial charge in [0.05, 0.1) is 5.56 Å². The first-order chi connectivity index (χ1) is 14.3. The largest absolute Gasteiger partial charge is 0.444 e. The zero-order valence-electron chi connectivity index (χ0n) is 17.8. The van der Waals surface area contributed by atoms with Gasteiger partial charge in [-0.15, -0.1) is 11.3 Å². The molecule has 6 nitrogen and oxygen atoms in total. The molecular formula is C22H29N3O3S2. The molecule has 1 N–H and O–H groups in total. The Kier molecular flexibility index (Phi) is 6.16. The van der Waals surface area contributed by atoms with Crippen LogP contribution in [0.25, 0.3) is 5.00 Å². The highest BCUT2D eigenvalue weighted by Gasteiger charge is 2.30. The molecule has 2 aromatic heterocycles. The molecule has 2 amide bonds. The van der Waals surface area contributed by atoms with Gasteiger partial charge >= 0.3 is 6.09 Å². The van der Waals surface area contributed by atoms with E-state index < -0.39 is 5.60 Å². The quantitative estimate of drug-likeness (QED) is 0.755. The van der Waals surface area contributed by atoms with E-state index in [0.29, 0.717) is 13.1 Å². The molecule has 0 atom stereocenters. The predicted molar refractivity (Wildman–Crippen MR) is 122 cm³/mol. The van der Waals surface area contributed by atoms with E-state index in [2.05, 4.69) is 5.32 Å². The molecular weight excluding hydrogens is 418 g/mol. The van der Waals surface area contributed by atoms with Crippen LogP contribution in [0.5, 0.6) is 0 Å². The Morgan fingerprint density at radius 1 is 1.17 bits per heavy atom. The van der Waals surface area contributed by atoms with Crippen molar-refractivity contribution < 1.29 is 14.3 Å². The second-order valence-corrected chi connectivity index (χ2v) is 11.0. The second-order valence-electron chi connectivity index (χ2n) is 8.79. The minimum absolute atomic E-state index is 0.0128. The van der Waals surface area contributed by atoms with E-state index >= 15 is 0 Å². The van der Waals surface area contributed by atoms with Crippen molar-refractivity contribution in [3.8, 4) is 5.00 Å². The molecule has 4 heterocycles. The van der Waals surface area contributed by atoms with Crippen LogP contribution >= 0.6 is 23.1 Å². The smallest absolute Gasteiger partial charge is 0.410 e. The predicted octanol–water partition coefficient (Wildman–Crippen LogP) is 4.46. The van der Waals surface area contributed by atoms with Crippen molar-refractivity contribution in [2.24, 2.45) is 0 Å². The number of ether oxygens (including phenoxy) is 1. The lowest BCUT2D eigenvalue weighted by Gasteiger charge is -2.33. The number of amides is 2. The topological polar surface area (TPSA) is 63.6 Å². The van der Waals surface area contributed by atoms with Gasteiger partial charge in [-0.3, -0.25) is 4.79 Å². The van der Waals surface area contributed by atoms with Gasteiger partial charge in [0, 0.05) is 42.2 Å². The monoisotopic (exact) mass is 447 g/mol. The summed E-state index contributed by atoms with van der Waals surface area (Å²) in [6.45, 7) is 6.83. The third-order valence-corrected chi connectivity index (χ3v) is 7.76. The average Bonchev–Trinajstić information content (AvgIpc) is 3.34. The maximum absolute atomic E-state index is 13.3. The minimum atomic E-state index is -0.493. The maximum Gasteiger partial charge on any atom is 0.410 e. The number of hydrogen-bond donors (Lipinski definition) is 1. The lowest BCUT2D eigenvalue weighted by atomic mass is 10.0. The Morgan fingerprint density at radius 3 is 2.53 bits per heavy atom. The molecule has 0 aliphatic carbocycles. The standard InChI is InChI=1S/C22H29N3O3S2/c1-22(2,3)28-21(27)25-11-6-15(7-12-25)23-19(26)18-16-8-13-29-14-17(16)30-20(18)24-9-4-5-10-24/h4-5,9-10,15H,6-8,11-14H2,1-3H3,(H,23,26). The molecule has 0 unspecified atom stereocenters. The Hall–Kier alpha value is -1.93. The molecule has 1 saturated heterocycles. The molecule has 0 bridgehead atoms. The van der Waals surface area contributed by atoms with Crippen molar-refractivity contribution in [2.45, 2.75) is 57.4 Å². The number of carbonyl (C=O) groups is 2. The van der Waals surface area contributed by atoms with Crippen molar-refractivity contribution >= 4 is 35.1 Å². The van der Waals surface area contributed by atoms with Gasteiger partial charge in [0.25, 0.3) is 5.91 Å². The maximum atomic E-state index is 13.3. The number of thioether (sulfide) groups is 1. The molecule has 0 saturated carbocycles. The first kappa shape index (κ1) is 21.3. The Bertz CT molecular complexity index is 907. The number of carbonyl (C=O) groups excluding carboxylic acids is 2. The summed E-state index contributed by atoms with van der Waals surface area (Å²) >= 11 is 3.66. The van der Waals surface area contributed by atoms with Crippen LogP contribution in [-0.4, -0.2) is 52.0 Å². The molecule has 162 valence electrons. The molecule has 0 radical (unpaired) electrons. The summed E-state index contributed by atoms with van der Waals surface area (Å²) in [6, 6.07) is 4.05. The van der Waals surface area contributed by atoms with Gasteiger partial charge in [-0.25, -0.2) is 4.79 Å². The van der Waals surface area contributed by atoms with E-state index in [1.165, 1.54) is 10.4 Å². The summed E-state index contributed by atoms with van der Waals surface area (Å²) in [5.74, 6) is 2.05. The number of nitrogens with one attached hydrogen (secondary N) is 1. The zero-order valence-corrected chi connectivity index (χ0v) is 19.4. The molecule has 0 spiro atoms. The molecule has 4 rings (SSSR count). The van der Waals surface area contributed by atoms with Crippen LogP contribution < -0.4 is 5.32 Å². The minimum Gasteiger partial charge on any atom is -0.444 e. The third-order valence-electron chi connectivity index (χ3n) is 5.35. The van der Waals surface area contributed by atoms with Crippen molar-refractivity contribution in [3.05, 3.63) is 40.5 Å². The Labute approximate surface area is 186 Å². The molecule has 2 aliphatic heterocycles. The lowest BCUT2D eigenvalue weighted by Crippen LogP contribution is -2.48. The first-order valence-electron chi connectivity index (χ1n) is 10.5. The van der Waals surface area contributed by atoms with Crippen LogP contribution in [0.1, 0.15) is 54.4 Å². The van der Waals surface area contributed by atoms with Gasteiger partial charge in [-0.1, -0.05) is 0 Å². The summed E-state index contributed by atoms with van der Waals surface area (Å²) in [6.07, 6.45) is 6.16. The number of fused-ring (bicyclic) bond motifs is 1. The second kappa shape index (κ2) is 8.67. The average molecular weight is 448 g/mol. The Morgan fingerprint density at radius 2 is 1.87 bits per heavy atom. The fraction of sp³-hybridized carbons (Fsp3) is 0.545. The van der Waals surface area contributed by atoms with Crippen LogP contribution in [0.2, 0.25) is 0 Å². The van der Waals surface area contributed by atoms with Crippen LogP contribution in [-0.2, 0) is 16.9 Å². The summed E-state index contributed by atoms with van der Waals surface area (Å²) in [5, 5.41) is 4.26. The van der Waals surface area contributed by atoms with Gasteiger partial charge in [0.1, 0.15) is 10.6 Å². The summed E-state index contributed by atoms with van der Waals surface area (Å²) in [7, 11) is 0. The Balaban J connectivity index is 1.44. The fourth-order valence-electron chi connectivity index (χ4n) is 3.89. The van der Waals surface area contributed by atoms with Crippen LogP contribution in [0.15, 0.2) is 24.5 Å². The van der Waals surface area contributed by atoms with Crippen molar-refractivity contribution in [1.29, 1.82) is 0 Å². The van der Waals surface area contributed by atoms with Crippen molar-refractivity contribution in [3.63, 3.8) is 0 Å². The van der Waals surface area contributed by atoms with Crippen LogP contribution in [0.4, 0.5) is 4.79 Å². The number of nitrogens with zero attached hydrogens (tertiary/aromatic N) is 2. The van der Waals surface area contributed by atoms with Gasteiger partial charge in [-0.05, 0) is 63.5 Å². The molecule has 1 fully saturated rings. The highest BCUT2D eigenvalue weighted by atomic mass is 32.2. The fourth-order valence-corrected chi connectivity index (χ4v) is 6.34. The number of hydrogen-bond acceptors (Lipinski definition) is 5. The first-order valence-corrected chi connectivity index (χ1v) is 12.4. The van der Waals surface area contributed by atoms with Crippen molar-refractivity contribution in [2.75, 3.05) is 18.8 Å². The number of aromatic nitrogens is 1. The van der Waals surface area contributed by atoms with Gasteiger partial charge < -0.3 is 19.5 Å². The number of piperidine rings is 1. The lowest BCUT2D eigenvalue weighted by molar-refractivity contribution is 0.0199. The molecule has 0 aromatic carbocycles. The number of thiophene rings is 1. The molecule has 30 heavy (non-hydrogen) atoms. The summed E-state index contributed by atoms with van der Waals surface area (Å²) in [4.78, 5) is 28.7. The molecule has 8 heteroatoms. The van der Waals surface area contributed by atoms with Crippen LogP contribution in [0.3, 0.4) is 0 Å². The van der Waals surface area contributed by atoms with E-state index in [9.17, 15) is 9.59 Å². The van der Waals surface area contributed by atoms with E-state index in [-0.39, 0.29) is 18.0 Å². The van der Waals surface area contributed by atoms with Crippen LogP contribution in [0, 0.1) is 0 Å². The highest BCUT2D eigenvalue weighted by Crippen LogP contribution is 2.38. The van der Waals surface area contributed by atoms with E-state index in [0.717, 1.165) is 41.3 Å². The van der Waals surface area contributed by atoms with E-state index in [1.807, 2.05) is 61.6 Å². The zero-order chi connectivity index (χ0) is 21.3. The third kappa shape index (κ3) is 4.70.